The van der Waals surface area contributed by atoms with E-state index in [1.165, 1.54) is 24.8 Å². The molecule has 1 aromatic heterocycles. The summed E-state index contributed by atoms with van der Waals surface area (Å²) in [5.74, 6) is 1.96. The van der Waals surface area contributed by atoms with Crippen molar-refractivity contribution in [3.8, 4) is 0 Å². The molecule has 1 fully saturated rings. The Kier molecular flexibility index (Phi) is 3.78. The minimum absolute atomic E-state index is 0.825. The number of piperidine rings is 1. The minimum Gasteiger partial charge on any atom is -0.357 e. The second-order valence-electron chi connectivity index (χ2n) is 4.70. The van der Waals surface area contributed by atoms with Crippen LogP contribution in [0.25, 0.3) is 0 Å². The fraction of sp³-hybridized carbons (Fsp3) is 0.615. The van der Waals surface area contributed by atoms with Gasteiger partial charge in [0.15, 0.2) is 0 Å². The maximum absolute atomic E-state index is 5.60. The van der Waals surface area contributed by atoms with Gasteiger partial charge in [-0.2, -0.15) is 0 Å². The first-order valence-electron chi connectivity index (χ1n) is 6.17. The Morgan fingerprint density at radius 1 is 1.44 bits per heavy atom. The largest absolute Gasteiger partial charge is 0.357 e. The van der Waals surface area contributed by atoms with Gasteiger partial charge in [0.25, 0.3) is 0 Å². The third-order valence-corrected chi connectivity index (χ3v) is 3.41. The van der Waals surface area contributed by atoms with Gasteiger partial charge in [0.05, 0.1) is 0 Å². The monoisotopic (exact) mass is 219 g/mol. The minimum atomic E-state index is 0.825. The average molecular weight is 219 g/mol. The van der Waals surface area contributed by atoms with Crippen molar-refractivity contribution >= 4 is 5.82 Å². The van der Waals surface area contributed by atoms with Gasteiger partial charge >= 0.3 is 0 Å². The Hall–Kier alpha value is -1.09. The topological polar surface area (TPSA) is 42.2 Å². The summed E-state index contributed by atoms with van der Waals surface area (Å²) >= 11 is 0. The maximum Gasteiger partial charge on any atom is 0.128 e. The van der Waals surface area contributed by atoms with E-state index in [1.54, 1.807) is 0 Å². The van der Waals surface area contributed by atoms with Crippen molar-refractivity contribution in [2.75, 3.05) is 24.5 Å². The smallest absolute Gasteiger partial charge is 0.128 e. The molecule has 2 rings (SSSR count). The molecular weight excluding hydrogens is 198 g/mol. The van der Waals surface area contributed by atoms with Gasteiger partial charge in [0, 0.05) is 19.3 Å². The Morgan fingerprint density at radius 2 is 2.19 bits per heavy atom. The Balaban J connectivity index is 1.94. The van der Waals surface area contributed by atoms with Crippen molar-refractivity contribution in [3.05, 3.63) is 23.9 Å². The number of nitrogens with zero attached hydrogens (tertiary/aromatic N) is 2. The second-order valence-corrected chi connectivity index (χ2v) is 4.70. The molecule has 1 aromatic rings. The molecule has 1 aliphatic heterocycles. The van der Waals surface area contributed by atoms with E-state index >= 15 is 0 Å². The second kappa shape index (κ2) is 5.30. The summed E-state index contributed by atoms with van der Waals surface area (Å²) in [5.41, 5.74) is 6.89. The summed E-state index contributed by atoms with van der Waals surface area (Å²) in [7, 11) is 0. The molecule has 0 spiro atoms. The fourth-order valence-corrected chi connectivity index (χ4v) is 2.38. The Labute approximate surface area is 97.7 Å². The summed E-state index contributed by atoms with van der Waals surface area (Å²) in [6.07, 6.45) is 5.59. The molecule has 0 bridgehead atoms. The molecule has 16 heavy (non-hydrogen) atoms. The zero-order valence-corrected chi connectivity index (χ0v) is 10.0. The molecule has 0 aromatic carbocycles. The van der Waals surface area contributed by atoms with Crippen LogP contribution >= 0.6 is 0 Å². The summed E-state index contributed by atoms with van der Waals surface area (Å²) in [6, 6.07) is 4.22. The highest BCUT2D eigenvalue weighted by Crippen LogP contribution is 2.23. The number of aryl methyl sites for hydroxylation is 1. The molecule has 88 valence electrons. The number of aromatic nitrogens is 1. The highest BCUT2D eigenvalue weighted by molar-refractivity contribution is 5.40. The molecule has 0 atom stereocenters. The maximum atomic E-state index is 5.60. The van der Waals surface area contributed by atoms with Gasteiger partial charge in [0.1, 0.15) is 5.82 Å². The van der Waals surface area contributed by atoms with Crippen LogP contribution in [-0.4, -0.2) is 24.6 Å². The quantitative estimate of drug-likeness (QED) is 0.845. The molecule has 2 heterocycles. The molecular formula is C13H21N3. The van der Waals surface area contributed by atoms with Crippen LogP contribution in [0.1, 0.15) is 24.8 Å². The number of anilines is 1. The van der Waals surface area contributed by atoms with Crippen molar-refractivity contribution in [3.63, 3.8) is 0 Å². The molecule has 0 unspecified atom stereocenters. The van der Waals surface area contributed by atoms with Crippen molar-refractivity contribution in [2.45, 2.75) is 26.2 Å². The van der Waals surface area contributed by atoms with Gasteiger partial charge in [-0.05, 0) is 56.3 Å². The summed E-state index contributed by atoms with van der Waals surface area (Å²) in [4.78, 5) is 6.82. The van der Waals surface area contributed by atoms with Crippen molar-refractivity contribution in [1.29, 1.82) is 0 Å². The number of rotatable bonds is 3. The van der Waals surface area contributed by atoms with Gasteiger partial charge < -0.3 is 10.6 Å². The predicted octanol–water partition coefficient (Wildman–Crippen LogP) is 1.96. The van der Waals surface area contributed by atoms with Gasteiger partial charge in [-0.15, -0.1) is 0 Å². The zero-order chi connectivity index (χ0) is 11.4. The number of hydrogen-bond acceptors (Lipinski definition) is 3. The lowest BCUT2D eigenvalue weighted by Crippen LogP contribution is -2.34. The van der Waals surface area contributed by atoms with E-state index in [0.29, 0.717) is 0 Å². The van der Waals surface area contributed by atoms with E-state index in [0.717, 1.165) is 31.4 Å². The SMILES string of the molecule is Cc1ccnc(N2CCC(CCN)CC2)c1. The standard InChI is InChI=1S/C13H21N3/c1-11-3-7-15-13(10-11)16-8-4-12(2-6-14)5-9-16/h3,7,10,12H,2,4-6,8-9,14H2,1H3. The summed E-state index contributed by atoms with van der Waals surface area (Å²) < 4.78 is 0. The molecule has 0 saturated carbocycles. The molecule has 1 saturated heterocycles. The van der Waals surface area contributed by atoms with Crippen LogP contribution in [0, 0.1) is 12.8 Å². The Bertz CT molecular complexity index is 330. The number of pyridine rings is 1. The van der Waals surface area contributed by atoms with Gasteiger partial charge in [0.2, 0.25) is 0 Å². The van der Waals surface area contributed by atoms with E-state index in [-0.39, 0.29) is 0 Å². The molecule has 0 amide bonds. The molecule has 2 N–H and O–H groups in total. The van der Waals surface area contributed by atoms with Crippen molar-refractivity contribution in [1.82, 2.24) is 4.98 Å². The van der Waals surface area contributed by atoms with E-state index in [2.05, 4.69) is 22.9 Å². The highest BCUT2D eigenvalue weighted by Gasteiger charge is 2.19. The molecule has 1 aliphatic rings. The lowest BCUT2D eigenvalue weighted by Gasteiger charge is -2.32. The lowest BCUT2D eigenvalue weighted by atomic mass is 9.93. The van der Waals surface area contributed by atoms with E-state index in [4.69, 9.17) is 5.73 Å². The fourth-order valence-electron chi connectivity index (χ4n) is 2.38. The van der Waals surface area contributed by atoms with E-state index in [9.17, 15) is 0 Å². The molecule has 3 heteroatoms. The third-order valence-electron chi connectivity index (χ3n) is 3.41. The normalized spacial score (nSPS) is 17.8. The summed E-state index contributed by atoms with van der Waals surface area (Å²) in [6.45, 7) is 5.20. The highest BCUT2D eigenvalue weighted by atomic mass is 15.2. The first-order valence-corrected chi connectivity index (χ1v) is 6.17. The van der Waals surface area contributed by atoms with E-state index < -0.39 is 0 Å². The van der Waals surface area contributed by atoms with Gasteiger partial charge in [-0.25, -0.2) is 4.98 Å². The van der Waals surface area contributed by atoms with Crippen LogP contribution < -0.4 is 10.6 Å². The summed E-state index contributed by atoms with van der Waals surface area (Å²) in [5, 5.41) is 0. The first-order chi connectivity index (χ1) is 7.79. The molecule has 0 aliphatic carbocycles. The Morgan fingerprint density at radius 3 is 2.81 bits per heavy atom. The van der Waals surface area contributed by atoms with Crippen LogP contribution in [0.2, 0.25) is 0 Å². The van der Waals surface area contributed by atoms with Crippen molar-refractivity contribution in [2.24, 2.45) is 11.7 Å². The molecule has 0 radical (unpaired) electrons. The zero-order valence-electron chi connectivity index (χ0n) is 10.0. The molecule has 3 nitrogen and oxygen atoms in total. The first kappa shape index (κ1) is 11.4. The van der Waals surface area contributed by atoms with Crippen LogP contribution in [0.15, 0.2) is 18.3 Å². The third kappa shape index (κ3) is 2.73. The van der Waals surface area contributed by atoms with Crippen LogP contribution in [0.3, 0.4) is 0 Å². The van der Waals surface area contributed by atoms with Crippen molar-refractivity contribution < 1.29 is 0 Å². The van der Waals surface area contributed by atoms with Crippen LogP contribution in [0.4, 0.5) is 5.82 Å². The average Bonchev–Trinajstić information content (AvgIpc) is 2.30. The van der Waals surface area contributed by atoms with E-state index in [1.807, 2.05) is 12.3 Å². The van der Waals surface area contributed by atoms with Gasteiger partial charge in [-0.3, -0.25) is 0 Å². The predicted molar refractivity (Wildman–Crippen MR) is 67.6 cm³/mol. The number of hydrogen-bond donors (Lipinski definition) is 1. The number of nitrogens with two attached hydrogens (primary N) is 1. The van der Waals surface area contributed by atoms with Crippen LogP contribution in [0.5, 0.6) is 0 Å². The van der Waals surface area contributed by atoms with Gasteiger partial charge in [-0.1, -0.05) is 0 Å². The lowest BCUT2D eigenvalue weighted by molar-refractivity contribution is 0.385. The van der Waals surface area contributed by atoms with Crippen LogP contribution in [-0.2, 0) is 0 Å².